The zero-order valence-corrected chi connectivity index (χ0v) is 12.6. The molecule has 1 saturated heterocycles. The Hall–Kier alpha value is -2.44. The first kappa shape index (κ1) is 14.5. The maximum Gasteiger partial charge on any atom is 0.260 e. The van der Waals surface area contributed by atoms with E-state index in [0.717, 1.165) is 25.1 Å². The normalized spacial score (nSPS) is 18.2. The SMILES string of the molecule is C[C@@H]1CCCCN1C(=O)COc1ccc(-n2cnnn2)cc1. The van der Waals surface area contributed by atoms with Crippen LogP contribution in [0.3, 0.4) is 0 Å². The average Bonchev–Trinajstić information content (AvgIpc) is 3.08. The Morgan fingerprint density at radius 3 is 2.82 bits per heavy atom. The number of likely N-dealkylation sites (tertiary alicyclic amines) is 1. The number of amides is 1. The quantitative estimate of drug-likeness (QED) is 0.854. The molecule has 0 unspecified atom stereocenters. The molecule has 1 atom stereocenters. The maximum atomic E-state index is 12.2. The van der Waals surface area contributed by atoms with Crippen LogP contribution < -0.4 is 4.74 Å². The van der Waals surface area contributed by atoms with E-state index < -0.39 is 0 Å². The third-order valence-electron chi connectivity index (χ3n) is 3.94. The largest absolute Gasteiger partial charge is 0.484 e. The van der Waals surface area contributed by atoms with E-state index in [1.54, 1.807) is 4.68 Å². The van der Waals surface area contributed by atoms with Gasteiger partial charge in [0.2, 0.25) is 0 Å². The Balaban J connectivity index is 1.56. The number of tetrazole rings is 1. The number of hydrogen-bond donors (Lipinski definition) is 0. The average molecular weight is 301 g/mol. The zero-order chi connectivity index (χ0) is 15.4. The minimum Gasteiger partial charge on any atom is -0.484 e. The van der Waals surface area contributed by atoms with E-state index >= 15 is 0 Å². The van der Waals surface area contributed by atoms with E-state index in [1.165, 1.54) is 12.7 Å². The van der Waals surface area contributed by atoms with Gasteiger partial charge in [0.15, 0.2) is 6.61 Å². The minimum absolute atomic E-state index is 0.0525. The van der Waals surface area contributed by atoms with Crippen molar-refractivity contribution in [3.63, 3.8) is 0 Å². The molecule has 3 rings (SSSR count). The number of ether oxygens (including phenoxy) is 1. The lowest BCUT2D eigenvalue weighted by Gasteiger charge is -2.33. The van der Waals surface area contributed by atoms with E-state index in [1.807, 2.05) is 29.2 Å². The predicted molar refractivity (Wildman–Crippen MR) is 79.7 cm³/mol. The topological polar surface area (TPSA) is 73.1 Å². The first-order chi connectivity index (χ1) is 10.7. The number of rotatable bonds is 4. The number of piperidine rings is 1. The smallest absolute Gasteiger partial charge is 0.260 e. The summed E-state index contributed by atoms with van der Waals surface area (Å²) in [6.45, 7) is 3.01. The third-order valence-corrected chi connectivity index (χ3v) is 3.94. The highest BCUT2D eigenvalue weighted by Gasteiger charge is 2.23. The van der Waals surface area contributed by atoms with E-state index in [4.69, 9.17) is 4.74 Å². The van der Waals surface area contributed by atoms with Gasteiger partial charge >= 0.3 is 0 Å². The summed E-state index contributed by atoms with van der Waals surface area (Å²) in [5, 5.41) is 11.0. The van der Waals surface area contributed by atoms with Crippen molar-refractivity contribution in [1.82, 2.24) is 25.1 Å². The molecule has 1 aliphatic rings. The fourth-order valence-electron chi connectivity index (χ4n) is 2.67. The predicted octanol–water partition coefficient (Wildman–Crippen LogP) is 1.44. The first-order valence-electron chi connectivity index (χ1n) is 7.50. The molecule has 1 amide bonds. The van der Waals surface area contributed by atoms with Gasteiger partial charge in [0.1, 0.15) is 12.1 Å². The van der Waals surface area contributed by atoms with Crippen molar-refractivity contribution in [3.8, 4) is 11.4 Å². The molecule has 2 aromatic rings. The molecule has 0 aliphatic carbocycles. The summed E-state index contributed by atoms with van der Waals surface area (Å²) in [7, 11) is 0. The lowest BCUT2D eigenvalue weighted by Crippen LogP contribution is -2.44. The lowest BCUT2D eigenvalue weighted by atomic mass is 10.0. The summed E-state index contributed by atoms with van der Waals surface area (Å²) in [6.07, 6.45) is 4.88. The minimum atomic E-state index is 0.0525. The van der Waals surface area contributed by atoms with Crippen LogP contribution in [0.4, 0.5) is 0 Å². The zero-order valence-electron chi connectivity index (χ0n) is 12.6. The Kier molecular flexibility index (Phi) is 4.32. The molecule has 2 heterocycles. The Labute approximate surface area is 128 Å². The Morgan fingerprint density at radius 1 is 1.32 bits per heavy atom. The van der Waals surface area contributed by atoms with Gasteiger partial charge in [-0.1, -0.05) is 0 Å². The monoisotopic (exact) mass is 301 g/mol. The molecule has 0 saturated carbocycles. The van der Waals surface area contributed by atoms with Crippen molar-refractivity contribution in [2.75, 3.05) is 13.2 Å². The standard InChI is InChI=1S/C15H19N5O2/c1-12-4-2-3-9-19(12)15(21)10-22-14-7-5-13(6-8-14)20-11-16-17-18-20/h5-8,11-12H,2-4,9-10H2,1H3/t12-/m1/s1. The molecule has 22 heavy (non-hydrogen) atoms. The molecule has 0 radical (unpaired) electrons. The van der Waals surface area contributed by atoms with Gasteiger partial charge in [-0.15, -0.1) is 5.10 Å². The van der Waals surface area contributed by atoms with Crippen LogP contribution in [0.5, 0.6) is 5.75 Å². The molecule has 0 spiro atoms. The summed E-state index contributed by atoms with van der Waals surface area (Å²) in [5.41, 5.74) is 0.841. The van der Waals surface area contributed by atoms with Crippen LogP contribution in [0.25, 0.3) is 5.69 Å². The van der Waals surface area contributed by atoms with E-state index in [0.29, 0.717) is 11.8 Å². The summed E-state index contributed by atoms with van der Waals surface area (Å²) in [4.78, 5) is 14.1. The highest BCUT2D eigenvalue weighted by Crippen LogP contribution is 2.18. The van der Waals surface area contributed by atoms with Crippen LogP contribution in [0.2, 0.25) is 0 Å². The van der Waals surface area contributed by atoms with Gasteiger partial charge in [0.25, 0.3) is 5.91 Å². The molecule has 1 aromatic heterocycles. The summed E-state index contributed by atoms with van der Waals surface area (Å²) in [6, 6.07) is 7.62. The first-order valence-corrected chi connectivity index (χ1v) is 7.50. The van der Waals surface area contributed by atoms with Crippen molar-refractivity contribution in [3.05, 3.63) is 30.6 Å². The van der Waals surface area contributed by atoms with Gasteiger partial charge in [-0.3, -0.25) is 4.79 Å². The van der Waals surface area contributed by atoms with Gasteiger partial charge in [0.05, 0.1) is 5.69 Å². The summed E-state index contributed by atoms with van der Waals surface area (Å²) in [5.74, 6) is 0.714. The van der Waals surface area contributed by atoms with E-state index in [9.17, 15) is 4.79 Å². The molecule has 1 aliphatic heterocycles. The Bertz CT molecular complexity index is 611. The van der Waals surface area contributed by atoms with Crippen molar-refractivity contribution < 1.29 is 9.53 Å². The number of hydrogen-bond acceptors (Lipinski definition) is 5. The van der Waals surface area contributed by atoms with Crippen LogP contribution in [-0.4, -0.2) is 50.2 Å². The lowest BCUT2D eigenvalue weighted by molar-refractivity contribution is -0.136. The molecule has 7 heteroatoms. The van der Waals surface area contributed by atoms with Crippen molar-refractivity contribution in [2.24, 2.45) is 0 Å². The number of nitrogens with zero attached hydrogens (tertiary/aromatic N) is 5. The fraction of sp³-hybridized carbons (Fsp3) is 0.467. The second-order valence-corrected chi connectivity index (χ2v) is 5.47. The molecule has 1 aromatic carbocycles. The summed E-state index contributed by atoms with van der Waals surface area (Å²) < 4.78 is 7.15. The molecule has 1 fully saturated rings. The second kappa shape index (κ2) is 6.55. The van der Waals surface area contributed by atoms with Crippen molar-refractivity contribution in [2.45, 2.75) is 32.2 Å². The van der Waals surface area contributed by atoms with Crippen LogP contribution in [-0.2, 0) is 4.79 Å². The van der Waals surface area contributed by atoms with Crippen LogP contribution in [0.1, 0.15) is 26.2 Å². The maximum absolute atomic E-state index is 12.2. The molecule has 0 N–H and O–H groups in total. The second-order valence-electron chi connectivity index (χ2n) is 5.47. The number of carbonyl (C=O) groups is 1. The van der Waals surface area contributed by atoms with Gasteiger partial charge < -0.3 is 9.64 Å². The van der Waals surface area contributed by atoms with Gasteiger partial charge in [-0.25, -0.2) is 4.68 Å². The number of aromatic nitrogens is 4. The molecule has 116 valence electrons. The number of benzene rings is 1. The van der Waals surface area contributed by atoms with Crippen molar-refractivity contribution in [1.29, 1.82) is 0 Å². The van der Waals surface area contributed by atoms with Crippen LogP contribution in [0.15, 0.2) is 30.6 Å². The molecule has 0 bridgehead atoms. The molecular weight excluding hydrogens is 282 g/mol. The molecule has 7 nitrogen and oxygen atoms in total. The summed E-state index contributed by atoms with van der Waals surface area (Å²) >= 11 is 0. The van der Waals surface area contributed by atoms with Gasteiger partial charge in [-0.2, -0.15) is 0 Å². The highest BCUT2D eigenvalue weighted by atomic mass is 16.5. The van der Waals surface area contributed by atoms with Crippen molar-refractivity contribution >= 4 is 5.91 Å². The number of carbonyl (C=O) groups excluding carboxylic acids is 1. The fourth-order valence-corrected chi connectivity index (χ4v) is 2.67. The third kappa shape index (κ3) is 3.24. The van der Waals surface area contributed by atoms with E-state index in [-0.39, 0.29) is 12.5 Å². The van der Waals surface area contributed by atoms with Crippen LogP contribution in [0, 0.1) is 0 Å². The van der Waals surface area contributed by atoms with Gasteiger partial charge in [0, 0.05) is 12.6 Å². The van der Waals surface area contributed by atoms with Crippen LogP contribution >= 0.6 is 0 Å². The van der Waals surface area contributed by atoms with Gasteiger partial charge in [-0.05, 0) is 60.9 Å². The highest BCUT2D eigenvalue weighted by molar-refractivity contribution is 5.78. The van der Waals surface area contributed by atoms with E-state index in [2.05, 4.69) is 22.4 Å². The Morgan fingerprint density at radius 2 is 2.14 bits per heavy atom. The molecular formula is C15H19N5O2.